The van der Waals surface area contributed by atoms with Crippen molar-refractivity contribution < 1.29 is 0 Å². The minimum absolute atomic E-state index is 0.714. The predicted octanol–water partition coefficient (Wildman–Crippen LogP) is 1.08. The summed E-state index contributed by atoms with van der Waals surface area (Å²) in [5.74, 6) is 0. The average molecular weight is 156 g/mol. The fourth-order valence-corrected chi connectivity index (χ4v) is 1.58. The summed E-state index contributed by atoms with van der Waals surface area (Å²) in [7, 11) is 4.30. The lowest BCUT2D eigenvalue weighted by Crippen LogP contribution is -2.33. The Labute approximate surface area is 70.0 Å². The second-order valence-corrected chi connectivity index (χ2v) is 3.84. The zero-order chi connectivity index (χ0) is 8.27. The van der Waals surface area contributed by atoms with Gasteiger partial charge in [-0.3, -0.25) is 0 Å². The molecular formula is C9H20N2. The van der Waals surface area contributed by atoms with Gasteiger partial charge < -0.3 is 10.2 Å². The molecule has 0 radical (unpaired) electrons. The summed E-state index contributed by atoms with van der Waals surface area (Å²) in [4.78, 5) is 2.29. The molecule has 11 heavy (non-hydrogen) atoms. The minimum atomic E-state index is 0.714. The molecule has 1 saturated heterocycles. The molecule has 2 nitrogen and oxygen atoms in total. The number of hydrogen-bond donors (Lipinski definition) is 1. The molecule has 0 aromatic carbocycles. The van der Waals surface area contributed by atoms with Crippen LogP contribution < -0.4 is 5.32 Å². The van der Waals surface area contributed by atoms with Crippen LogP contribution in [0, 0.1) is 0 Å². The molecule has 1 aliphatic heterocycles. The van der Waals surface area contributed by atoms with Gasteiger partial charge in [0.05, 0.1) is 0 Å². The standard InChI is InChI=1S/C9H20N2/c1-8(11(2)3)7-9-5-4-6-10-9/h8-10H,4-7H2,1-3H3. The van der Waals surface area contributed by atoms with E-state index in [0.717, 1.165) is 6.04 Å². The molecule has 0 spiro atoms. The van der Waals surface area contributed by atoms with Crippen LogP contribution in [-0.4, -0.2) is 37.6 Å². The van der Waals surface area contributed by atoms with Crippen LogP contribution >= 0.6 is 0 Å². The number of hydrogen-bond acceptors (Lipinski definition) is 2. The Balaban J connectivity index is 2.18. The maximum atomic E-state index is 3.52. The minimum Gasteiger partial charge on any atom is -0.314 e. The van der Waals surface area contributed by atoms with E-state index in [0.29, 0.717) is 6.04 Å². The Bertz CT molecular complexity index is 106. The molecule has 0 bridgehead atoms. The Hall–Kier alpha value is -0.0800. The van der Waals surface area contributed by atoms with E-state index in [1.807, 2.05) is 0 Å². The molecule has 0 aromatic rings. The van der Waals surface area contributed by atoms with E-state index >= 15 is 0 Å². The van der Waals surface area contributed by atoms with Crippen LogP contribution in [0.15, 0.2) is 0 Å². The van der Waals surface area contributed by atoms with Crippen molar-refractivity contribution in [2.75, 3.05) is 20.6 Å². The van der Waals surface area contributed by atoms with Crippen molar-refractivity contribution in [1.29, 1.82) is 0 Å². The topological polar surface area (TPSA) is 15.3 Å². The van der Waals surface area contributed by atoms with E-state index in [9.17, 15) is 0 Å². The van der Waals surface area contributed by atoms with Crippen molar-refractivity contribution in [3.8, 4) is 0 Å². The van der Waals surface area contributed by atoms with Gasteiger partial charge in [-0.1, -0.05) is 0 Å². The quantitative estimate of drug-likeness (QED) is 0.658. The molecule has 1 heterocycles. The first-order chi connectivity index (χ1) is 5.20. The summed E-state index contributed by atoms with van der Waals surface area (Å²) >= 11 is 0. The zero-order valence-corrected chi connectivity index (χ0v) is 7.93. The Morgan fingerprint density at radius 2 is 2.27 bits per heavy atom. The first kappa shape index (κ1) is 9.01. The fraction of sp³-hybridized carbons (Fsp3) is 1.00. The van der Waals surface area contributed by atoms with Crippen LogP contribution in [0.25, 0.3) is 0 Å². The van der Waals surface area contributed by atoms with Crippen molar-refractivity contribution >= 4 is 0 Å². The van der Waals surface area contributed by atoms with Crippen molar-refractivity contribution in [2.45, 2.75) is 38.3 Å². The predicted molar refractivity (Wildman–Crippen MR) is 48.8 cm³/mol. The van der Waals surface area contributed by atoms with Crippen molar-refractivity contribution in [3.63, 3.8) is 0 Å². The Morgan fingerprint density at radius 3 is 2.73 bits per heavy atom. The lowest BCUT2D eigenvalue weighted by Gasteiger charge is -2.22. The van der Waals surface area contributed by atoms with Crippen molar-refractivity contribution in [1.82, 2.24) is 10.2 Å². The van der Waals surface area contributed by atoms with Gasteiger partial charge in [-0.2, -0.15) is 0 Å². The summed E-state index contributed by atoms with van der Waals surface area (Å²) < 4.78 is 0. The van der Waals surface area contributed by atoms with Gasteiger partial charge in [0.1, 0.15) is 0 Å². The third-order valence-electron chi connectivity index (χ3n) is 2.67. The van der Waals surface area contributed by atoms with E-state index in [1.165, 1.54) is 25.8 Å². The van der Waals surface area contributed by atoms with Crippen LogP contribution in [0.2, 0.25) is 0 Å². The van der Waals surface area contributed by atoms with Gasteiger partial charge in [0, 0.05) is 12.1 Å². The first-order valence-electron chi connectivity index (χ1n) is 4.60. The molecule has 1 rings (SSSR count). The molecular weight excluding hydrogens is 136 g/mol. The summed E-state index contributed by atoms with van der Waals surface area (Å²) in [6.45, 7) is 3.52. The van der Waals surface area contributed by atoms with E-state index in [2.05, 4.69) is 31.2 Å². The molecule has 2 unspecified atom stereocenters. The van der Waals surface area contributed by atoms with Crippen molar-refractivity contribution in [2.24, 2.45) is 0 Å². The first-order valence-corrected chi connectivity index (χ1v) is 4.60. The molecule has 1 aliphatic rings. The Kier molecular flexibility index (Phi) is 3.34. The summed E-state index contributed by atoms with van der Waals surface area (Å²) in [5, 5.41) is 3.52. The number of rotatable bonds is 3. The van der Waals surface area contributed by atoms with Gasteiger partial charge in [-0.05, 0) is 46.8 Å². The highest BCUT2D eigenvalue weighted by atomic mass is 15.1. The largest absolute Gasteiger partial charge is 0.314 e. The molecule has 2 atom stereocenters. The van der Waals surface area contributed by atoms with E-state index in [1.54, 1.807) is 0 Å². The fourth-order valence-electron chi connectivity index (χ4n) is 1.58. The molecule has 0 aliphatic carbocycles. The number of nitrogens with zero attached hydrogens (tertiary/aromatic N) is 1. The normalized spacial score (nSPS) is 27.8. The Morgan fingerprint density at radius 1 is 1.55 bits per heavy atom. The van der Waals surface area contributed by atoms with Crippen LogP contribution in [-0.2, 0) is 0 Å². The summed E-state index contributed by atoms with van der Waals surface area (Å²) in [5.41, 5.74) is 0. The van der Waals surface area contributed by atoms with Gasteiger partial charge in [0.15, 0.2) is 0 Å². The van der Waals surface area contributed by atoms with Gasteiger partial charge in [0.25, 0.3) is 0 Å². The average Bonchev–Trinajstić information content (AvgIpc) is 2.39. The van der Waals surface area contributed by atoms with E-state index in [4.69, 9.17) is 0 Å². The maximum Gasteiger partial charge on any atom is 0.00823 e. The smallest absolute Gasteiger partial charge is 0.00823 e. The maximum absolute atomic E-state index is 3.52. The van der Waals surface area contributed by atoms with Gasteiger partial charge in [-0.25, -0.2) is 0 Å². The lowest BCUT2D eigenvalue weighted by atomic mass is 10.1. The lowest BCUT2D eigenvalue weighted by molar-refractivity contribution is 0.277. The zero-order valence-electron chi connectivity index (χ0n) is 7.93. The van der Waals surface area contributed by atoms with Gasteiger partial charge in [-0.15, -0.1) is 0 Å². The molecule has 0 amide bonds. The monoisotopic (exact) mass is 156 g/mol. The number of nitrogens with one attached hydrogen (secondary N) is 1. The van der Waals surface area contributed by atoms with Crippen LogP contribution in [0.3, 0.4) is 0 Å². The highest BCUT2D eigenvalue weighted by Gasteiger charge is 2.17. The molecule has 1 fully saturated rings. The van der Waals surface area contributed by atoms with Crippen LogP contribution in [0.4, 0.5) is 0 Å². The van der Waals surface area contributed by atoms with Crippen LogP contribution in [0.1, 0.15) is 26.2 Å². The molecule has 0 saturated carbocycles. The molecule has 66 valence electrons. The SMILES string of the molecule is CC(CC1CCCN1)N(C)C. The van der Waals surface area contributed by atoms with Gasteiger partial charge >= 0.3 is 0 Å². The second kappa shape index (κ2) is 4.07. The summed E-state index contributed by atoms with van der Waals surface area (Å²) in [6, 6.07) is 1.50. The highest BCUT2D eigenvalue weighted by Crippen LogP contribution is 2.12. The summed E-state index contributed by atoms with van der Waals surface area (Å²) in [6.07, 6.45) is 4.04. The van der Waals surface area contributed by atoms with Gasteiger partial charge in [0.2, 0.25) is 0 Å². The third-order valence-corrected chi connectivity index (χ3v) is 2.67. The van der Waals surface area contributed by atoms with Crippen LogP contribution in [0.5, 0.6) is 0 Å². The molecule has 2 heteroatoms. The molecule has 0 aromatic heterocycles. The van der Waals surface area contributed by atoms with E-state index in [-0.39, 0.29) is 0 Å². The highest BCUT2D eigenvalue weighted by molar-refractivity contribution is 4.78. The van der Waals surface area contributed by atoms with Crippen molar-refractivity contribution in [3.05, 3.63) is 0 Å². The second-order valence-electron chi connectivity index (χ2n) is 3.84. The molecule has 1 N–H and O–H groups in total. The van der Waals surface area contributed by atoms with E-state index < -0.39 is 0 Å². The third kappa shape index (κ3) is 2.80.